The Morgan fingerprint density at radius 2 is 2.31 bits per heavy atom. The van der Waals surface area contributed by atoms with Gasteiger partial charge < -0.3 is 15.6 Å². The summed E-state index contributed by atoms with van der Waals surface area (Å²) in [5.41, 5.74) is 4.36. The third kappa shape index (κ3) is 2.36. The molecule has 7 heteroatoms. The van der Waals surface area contributed by atoms with E-state index in [1.165, 1.54) is 7.11 Å². The van der Waals surface area contributed by atoms with Crippen molar-refractivity contribution in [3.63, 3.8) is 0 Å². The number of hydrogen-bond acceptors (Lipinski definition) is 4. The van der Waals surface area contributed by atoms with Crippen LogP contribution in [0, 0.1) is 0 Å². The third-order valence-electron chi connectivity index (χ3n) is 1.95. The molecule has 5 nitrogen and oxygen atoms in total. The number of carbonyl (C=O) groups is 1. The number of nitrogens with zero attached hydrogens (tertiary/aromatic N) is 1. The smallest absolute Gasteiger partial charge is 0.308 e. The number of nitrogens with two attached hydrogens (primary N) is 1. The lowest BCUT2D eigenvalue weighted by molar-refractivity contribution is -0.136. The molecular weight excluding hydrogens is 222 g/mol. The highest BCUT2D eigenvalue weighted by Gasteiger charge is 2.23. The van der Waals surface area contributed by atoms with Gasteiger partial charge in [0, 0.05) is 5.56 Å². The lowest BCUT2D eigenvalue weighted by atomic mass is 10.1. The zero-order chi connectivity index (χ0) is 12.3. The van der Waals surface area contributed by atoms with E-state index in [2.05, 4.69) is 4.98 Å². The van der Waals surface area contributed by atoms with Gasteiger partial charge in [0.05, 0.1) is 31.0 Å². The molecule has 0 amide bonds. The minimum Gasteiger partial charge on any atom is -0.481 e. The summed E-state index contributed by atoms with van der Waals surface area (Å²) in [5, 5.41) is 8.61. The predicted octanol–water partition coefficient (Wildman–Crippen LogP) is 1.24. The minimum absolute atomic E-state index is 0.146. The first-order valence-electron chi connectivity index (χ1n) is 4.28. The number of methoxy groups -OCH3 is 1. The van der Waals surface area contributed by atoms with Gasteiger partial charge in [-0.3, -0.25) is 4.79 Å². The van der Waals surface area contributed by atoms with Crippen LogP contribution in [0.1, 0.15) is 17.6 Å². The molecule has 0 saturated heterocycles. The van der Waals surface area contributed by atoms with E-state index in [0.29, 0.717) is 0 Å². The van der Waals surface area contributed by atoms with Crippen molar-refractivity contribution < 1.29 is 23.4 Å². The van der Waals surface area contributed by atoms with Gasteiger partial charge in [0.25, 0.3) is 6.43 Å². The molecule has 0 aliphatic heterocycles. The summed E-state index contributed by atoms with van der Waals surface area (Å²) in [5.74, 6) is -1.40. The molecule has 0 aromatic carbocycles. The largest absolute Gasteiger partial charge is 0.481 e. The number of anilines is 1. The van der Waals surface area contributed by atoms with Crippen LogP contribution in [-0.4, -0.2) is 23.2 Å². The van der Waals surface area contributed by atoms with Gasteiger partial charge in [-0.1, -0.05) is 0 Å². The van der Waals surface area contributed by atoms with E-state index >= 15 is 0 Å². The average Bonchev–Trinajstić information content (AvgIpc) is 2.16. The number of hydrogen-bond donors (Lipinski definition) is 2. The Balaban J connectivity index is 3.36. The van der Waals surface area contributed by atoms with Crippen molar-refractivity contribution in [2.24, 2.45) is 0 Å². The highest BCUT2D eigenvalue weighted by atomic mass is 19.3. The van der Waals surface area contributed by atoms with E-state index in [1.807, 2.05) is 0 Å². The molecule has 1 heterocycles. The van der Waals surface area contributed by atoms with Crippen LogP contribution >= 0.6 is 0 Å². The van der Waals surface area contributed by atoms with Crippen molar-refractivity contribution in [3.8, 4) is 5.88 Å². The Morgan fingerprint density at radius 3 is 2.75 bits per heavy atom. The molecule has 1 aromatic rings. The second-order valence-corrected chi connectivity index (χ2v) is 2.99. The van der Waals surface area contributed by atoms with Gasteiger partial charge in [-0.25, -0.2) is 13.8 Å². The number of nitrogen functional groups attached to an aromatic ring is 1. The number of aliphatic carboxylic acids is 1. The quantitative estimate of drug-likeness (QED) is 0.815. The molecule has 0 saturated carbocycles. The van der Waals surface area contributed by atoms with E-state index < -0.39 is 24.4 Å². The molecule has 0 bridgehead atoms. The van der Waals surface area contributed by atoms with Crippen LogP contribution in [0.5, 0.6) is 5.88 Å². The summed E-state index contributed by atoms with van der Waals surface area (Å²) in [4.78, 5) is 14.2. The molecule has 0 radical (unpaired) electrons. The Hall–Kier alpha value is -1.92. The van der Waals surface area contributed by atoms with Gasteiger partial charge in [-0.05, 0) is 0 Å². The standard InChI is InChI=1S/C9H10F2N2O3/c1-16-9-4(2-6(14)15)7(8(10)11)5(12)3-13-9/h3,8H,2,12H2,1H3,(H,14,15). The molecule has 1 aromatic heterocycles. The van der Waals surface area contributed by atoms with Gasteiger partial charge in [0.2, 0.25) is 5.88 Å². The Morgan fingerprint density at radius 1 is 1.69 bits per heavy atom. The monoisotopic (exact) mass is 232 g/mol. The Bertz CT molecular complexity index is 410. The van der Waals surface area contributed by atoms with E-state index in [4.69, 9.17) is 15.6 Å². The van der Waals surface area contributed by atoms with E-state index in [0.717, 1.165) is 6.20 Å². The molecule has 0 atom stereocenters. The van der Waals surface area contributed by atoms with Crippen molar-refractivity contribution in [1.82, 2.24) is 4.98 Å². The number of rotatable bonds is 4. The van der Waals surface area contributed by atoms with Crippen LogP contribution in [0.15, 0.2) is 6.20 Å². The molecular formula is C9H10F2N2O3. The maximum absolute atomic E-state index is 12.7. The van der Waals surface area contributed by atoms with Crippen molar-refractivity contribution in [1.29, 1.82) is 0 Å². The second-order valence-electron chi connectivity index (χ2n) is 2.99. The fourth-order valence-corrected chi connectivity index (χ4v) is 1.32. The van der Waals surface area contributed by atoms with E-state index in [9.17, 15) is 13.6 Å². The summed E-state index contributed by atoms with van der Waals surface area (Å²) in [6, 6.07) is 0. The zero-order valence-electron chi connectivity index (χ0n) is 8.41. The first-order chi connectivity index (χ1) is 7.47. The fraction of sp³-hybridized carbons (Fsp3) is 0.333. The van der Waals surface area contributed by atoms with Gasteiger partial charge in [-0.2, -0.15) is 0 Å². The number of carboxylic acid groups (broad SMARTS) is 1. The molecule has 3 N–H and O–H groups in total. The maximum Gasteiger partial charge on any atom is 0.308 e. The van der Waals surface area contributed by atoms with Gasteiger partial charge in [0.15, 0.2) is 0 Å². The molecule has 16 heavy (non-hydrogen) atoms. The summed E-state index contributed by atoms with van der Waals surface area (Å²) < 4.78 is 30.1. The van der Waals surface area contributed by atoms with Crippen molar-refractivity contribution in [3.05, 3.63) is 17.3 Å². The zero-order valence-corrected chi connectivity index (χ0v) is 8.41. The summed E-state index contributed by atoms with van der Waals surface area (Å²) in [6.45, 7) is 0. The third-order valence-corrected chi connectivity index (χ3v) is 1.95. The summed E-state index contributed by atoms with van der Waals surface area (Å²) in [7, 11) is 1.22. The number of carboxylic acids is 1. The van der Waals surface area contributed by atoms with Crippen molar-refractivity contribution in [2.75, 3.05) is 12.8 Å². The van der Waals surface area contributed by atoms with Gasteiger partial charge >= 0.3 is 5.97 Å². The predicted molar refractivity (Wildman–Crippen MR) is 51.5 cm³/mol. The molecule has 1 rings (SSSR count). The molecule has 0 aliphatic carbocycles. The summed E-state index contributed by atoms with van der Waals surface area (Å²) in [6.07, 6.45) is -2.46. The molecule has 0 unspecified atom stereocenters. The lowest BCUT2D eigenvalue weighted by Crippen LogP contribution is -2.10. The Kier molecular flexibility index (Phi) is 3.60. The van der Waals surface area contributed by atoms with Crippen LogP contribution < -0.4 is 10.5 Å². The Labute approximate surface area is 89.9 Å². The number of pyridine rings is 1. The average molecular weight is 232 g/mol. The molecule has 88 valence electrons. The molecule has 0 aliphatic rings. The highest BCUT2D eigenvalue weighted by Crippen LogP contribution is 2.33. The van der Waals surface area contributed by atoms with Crippen molar-refractivity contribution >= 4 is 11.7 Å². The number of ether oxygens (including phenoxy) is 1. The number of aromatic nitrogens is 1. The number of alkyl halides is 2. The molecule has 0 spiro atoms. The maximum atomic E-state index is 12.7. The van der Waals surface area contributed by atoms with Crippen LogP contribution in [0.3, 0.4) is 0 Å². The topological polar surface area (TPSA) is 85.4 Å². The SMILES string of the molecule is COc1ncc(N)c(C(F)F)c1CC(=O)O. The normalized spacial score (nSPS) is 10.5. The number of halogens is 2. The van der Waals surface area contributed by atoms with Crippen molar-refractivity contribution in [2.45, 2.75) is 12.8 Å². The lowest BCUT2D eigenvalue weighted by Gasteiger charge is -2.12. The first-order valence-corrected chi connectivity index (χ1v) is 4.28. The van der Waals surface area contributed by atoms with Crippen LogP contribution in [0.25, 0.3) is 0 Å². The van der Waals surface area contributed by atoms with Gasteiger partial charge in [0.1, 0.15) is 0 Å². The fourth-order valence-electron chi connectivity index (χ4n) is 1.32. The first kappa shape index (κ1) is 12.2. The van der Waals surface area contributed by atoms with Crippen LogP contribution in [0.2, 0.25) is 0 Å². The van der Waals surface area contributed by atoms with Crippen LogP contribution in [0.4, 0.5) is 14.5 Å². The van der Waals surface area contributed by atoms with Crippen LogP contribution in [-0.2, 0) is 11.2 Å². The van der Waals surface area contributed by atoms with E-state index in [1.54, 1.807) is 0 Å². The summed E-state index contributed by atoms with van der Waals surface area (Å²) >= 11 is 0. The molecule has 0 fully saturated rings. The van der Waals surface area contributed by atoms with E-state index in [-0.39, 0.29) is 17.1 Å². The van der Waals surface area contributed by atoms with Gasteiger partial charge in [-0.15, -0.1) is 0 Å². The minimum atomic E-state index is -2.87. The highest BCUT2D eigenvalue weighted by molar-refractivity contribution is 5.73. The second kappa shape index (κ2) is 4.73.